The number of halogens is 3. The predicted molar refractivity (Wildman–Crippen MR) is 119 cm³/mol. The maximum absolute atomic E-state index is 13.4. The number of hydrogen-bond acceptors (Lipinski definition) is 4. The normalized spacial score (nSPS) is 14.2. The van der Waals surface area contributed by atoms with E-state index in [1.54, 1.807) is 42.5 Å². The van der Waals surface area contributed by atoms with Gasteiger partial charge in [-0.05, 0) is 48.4 Å². The first-order chi connectivity index (χ1) is 15.7. The van der Waals surface area contributed by atoms with Crippen molar-refractivity contribution in [2.45, 2.75) is 13.1 Å². The van der Waals surface area contributed by atoms with Crippen LogP contribution in [0.15, 0.2) is 78.5 Å². The topological polar surface area (TPSA) is 58.6 Å². The third-order valence-electron chi connectivity index (χ3n) is 5.19. The highest BCUT2D eigenvalue weighted by Gasteiger charge is 2.41. The second kappa shape index (κ2) is 8.46. The Kier molecular flexibility index (Phi) is 5.68. The third kappa shape index (κ3) is 4.19. The van der Waals surface area contributed by atoms with Crippen molar-refractivity contribution in [1.29, 1.82) is 0 Å². The van der Waals surface area contributed by atoms with Gasteiger partial charge in [-0.2, -0.15) is 13.2 Å². The molecular formula is C25H19F3N2O3. The van der Waals surface area contributed by atoms with Gasteiger partial charge in [-0.25, -0.2) is 4.90 Å². The molecule has 2 amide bonds. The van der Waals surface area contributed by atoms with Crippen molar-refractivity contribution in [2.24, 2.45) is 0 Å². The molecule has 0 spiro atoms. The van der Waals surface area contributed by atoms with Gasteiger partial charge in [0, 0.05) is 0 Å². The van der Waals surface area contributed by atoms with Crippen LogP contribution < -0.4 is 15.0 Å². The Hall–Kier alpha value is -4.07. The molecule has 5 nitrogen and oxygen atoms in total. The molecule has 0 aromatic heterocycles. The number of amides is 2. The minimum atomic E-state index is -4.62. The Balaban J connectivity index is 1.84. The van der Waals surface area contributed by atoms with Crippen LogP contribution in [0.5, 0.6) is 5.75 Å². The highest BCUT2D eigenvalue weighted by Crippen LogP contribution is 2.38. The maximum Gasteiger partial charge on any atom is 0.416 e. The molecule has 168 valence electrons. The van der Waals surface area contributed by atoms with E-state index in [0.717, 1.165) is 28.7 Å². The molecule has 0 radical (unpaired) electrons. The van der Waals surface area contributed by atoms with Crippen molar-refractivity contribution in [1.82, 2.24) is 0 Å². The largest absolute Gasteiger partial charge is 0.495 e. The quantitative estimate of drug-likeness (QED) is 0.526. The number of aryl methyl sites for hydroxylation is 1. The molecule has 1 aliphatic heterocycles. The first kappa shape index (κ1) is 22.1. The number of alkyl halides is 3. The van der Waals surface area contributed by atoms with Crippen LogP contribution in [0.4, 0.5) is 24.5 Å². The van der Waals surface area contributed by atoms with Gasteiger partial charge in [-0.1, -0.05) is 42.5 Å². The SMILES string of the molecule is COc1ccc(C)cc1NC1=C(c2ccccc2)C(=O)N(c2cccc(C(F)(F)F)c2)C1=O. The molecule has 0 unspecified atom stereocenters. The highest BCUT2D eigenvalue weighted by molar-refractivity contribution is 6.46. The summed E-state index contributed by atoms with van der Waals surface area (Å²) >= 11 is 0. The third-order valence-corrected chi connectivity index (χ3v) is 5.19. The van der Waals surface area contributed by atoms with Gasteiger partial charge in [0.15, 0.2) is 0 Å². The lowest BCUT2D eigenvalue weighted by Gasteiger charge is -2.17. The van der Waals surface area contributed by atoms with Crippen LogP contribution in [0.3, 0.4) is 0 Å². The van der Waals surface area contributed by atoms with E-state index in [2.05, 4.69) is 5.32 Å². The van der Waals surface area contributed by atoms with E-state index < -0.39 is 23.6 Å². The van der Waals surface area contributed by atoms with E-state index in [4.69, 9.17) is 4.74 Å². The number of hydrogen-bond donors (Lipinski definition) is 1. The number of benzene rings is 3. The summed E-state index contributed by atoms with van der Waals surface area (Å²) in [6.45, 7) is 1.85. The summed E-state index contributed by atoms with van der Waals surface area (Å²) in [5, 5.41) is 2.99. The van der Waals surface area contributed by atoms with Gasteiger partial charge >= 0.3 is 6.18 Å². The fraction of sp³-hybridized carbons (Fsp3) is 0.120. The smallest absolute Gasteiger partial charge is 0.416 e. The molecule has 1 N–H and O–H groups in total. The molecule has 0 bridgehead atoms. The summed E-state index contributed by atoms with van der Waals surface area (Å²) < 4.78 is 45.1. The maximum atomic E-state index is 13.4. The lowest BCUT2D eigenvalue weighted by Crippen LogP contribution is -2.32. The van der Waals surface area contributed by atoms with Crippen molar-refractivity contribution in [2.75, 3.05) is 17.3 Å². The monoisotopic (exact) mass is 452 g/mol. The van der Waals surface area contributed by atoms with Crippen molar-refractivity contribution < 1.29 is 27.5 Å². The molecule has 1 aliphatic rings. The Bertz CT molecular complexity index is 1270. The zero-order valence-corrected chi connectivity index (χ0v) is 17.7. The van der Waals surface area contributed by atoms with Crippen molar-refractivity contribution in [3.63, 3.8) is 0 Å². The fourth-order valence-corrected chi connectivity index (χ4v) is 3.63. The van der Waals surface area contributed by atoms with Gasteiger partial charge in [0.1, 0.15) is 11.4 Å². The average molecular weight is 452 g/mol. The van der Waals surface area contributed by atoms with Gasteiger partial charge < -0.3 is 10.1 Å². The molecule has 0 aliphatic carbocycles. The molecule has 0 fully saturated rings. The number of carbonyl (C=O) groups excluding carboxylic acids is 2. The molecule has 0 atom stereocenters. The first-order valence-corrected chi connectivity index (χ1v) is 9.98. The lowest BCUT2D eigenvalue weighted by molar-refractivity contribution is -0.137. The van der Waals surface area contributed by atoms with Crippen LogP contribution in [-0.2, 0) is 15.8 Å². The van der Waals surface area contributed by atoms with Gasteiger partial charge in [-0.15, -0.1) is 0 Å². The number of anilines is 2. The molecule has 8 heteroatoms. The average Bonchev–Trinajstić information content (AvgIpc) is 3.03. The minimum Gasteiger partial charge on any atom is -0.495 e. The summed E-state index contributed by atoms with van der Waals surface area (Å²) in [6.07, 6.45) is -4.62. The molecule has 4 rings (SSSR count). The molecule has 1 heterocycles. The second-order valence-electron chi connectivity index (χ2n) is 7.44. The number of methoxy groups -OCH3 is 1. The van der Waals surface area contributed by atoms with E-state index in [-0.39, 0.29) is 17.0 Å². The van der Waals surface area contributed by atoms with E-state index in [1.165, 1.54) is 13.2 Å². The summed E-state index contributed by atoms with van der Waals surface area (Å²) in [5.74, 6) is -1.04. The number of imide groups is 1. The van der Waals surface area contributed by atoms with Gasteiger partial charge in [0.2, 0.25) is 0 Å². The Labute approximate surface area is 188 Å². The molecule has 3 aromatic rings. The molecule has 0 saturated heterocycles. The van der Waals surface area contributed by atoms with E-state index in [9.17, 15) is 22.8 Å². The molecule has 33 heavy (non-hydrogen) atoms. The van der Waals surface area contributed by atoms with Crippen LogP contribution in [0.2, 0.25) is 0 Å². The van der Waals surface area contributed by atoms with Crippen LogP contribution in [0.1, 0.15) is 16.7 Å². The Morgan fingerprint density at radius 2 is 1.61 bits per heavy atom. The van der Waals surface area contributed by atoms with Crippen molar-refractivity contribution in [3.05, 3.63) is 95.2 Å². The predicted octanol–water partition coefficient (Wildman–Crippen LogP) is 5.42. The van der Waals surface area contributed by atoms with E-state index >= 15 is 0 Å². The number of carbonyl (C=O) groups is 2. The minimum absolute atomic E-state index is 0.0486. The number of nitrogens with zero attached hydrogens (tertiary/aromatic N) is 1. The molecule has 0 saturated carbocycles. The molecule has 3 aromatic carbocycles. The Morgan fingerprint density at radius 1 is 0.879 bits per heavy atom. The zero-order chi connectivity index (χ0) is 23.8. The summed E-state index contributed by atoms with van der Waals surface area (Å²) in [7, 11) is 1.47. The summed E-state index contributed by atoms with van der Waals surface area (Å²) in [4.78, 5) is 27.6. The standard InChI is InChI=1S/C25H19F3N2O3/c1-15-11-12-20(33-2)19(13-15)29-22-21(16-7-4-3-5-8-16)23(31)30(24(22)32)18-10-6-9-17(14-18)25(26,27)28/h3-14,29H,1-2H3. The summed E-state index contributed by atoms with van der Waals surface area (Å²) in [5.41, 5.74) is 0.679. The first-order valence-electron chi connectivity index (χ1n) is 9.98. The number of ether oxygens (including phenoxy) is 1. The molecular weight excluding hydrogens is 433 g/mol. The van der Waals surface area contributed by atoms with Crippen molar-refractivity contribution >= 4 is 28.8 Å². The highest BCUT2D eigenvalue weighted by atomic mass is 19.4. The van der Waals surface area contributed by atoms with Crippen LogP contribution in [0, 0.1) is 6.92 Å². The fourth-order valence-electron chi connectivity index (χ4n) is 3.63. The second-order valence-corrected chi connectivity index (χ2v) is 7.44. The van der Waals surface area contributed by atoms with Gasteiger partial charge in [0.05, 0.1) is 29.6 Å². The van der Waals surface area contributed by atoms with Gasteiger partial charge in [-0.3, -0.25) is 9.59 Å². The zero-order valence-electron chi connectivity index (χ0n) is 17.7. The van der Waals surface area contributed by atoms with Gasteiger partial charge in [0.25, 0.3) is 11.8 Å². The number of rotatable bonds is 5. The van der Waals surface area contributed by atoms with E-state index in [0.29, 0.717) is 17.0 Å². The summed E-state index contributed by atoms with van der Waals surface area (Å²) in [6, 6.07) is 17.9. The van der Waals surface area contributed by atoms with E-state index in [1.807, 2.05) is 13.0 Å². The lowest BCUT2D eigenvalue weighted by atomic mass is 10.0. The van der Waals surface area contributed by atoms with Crippen LogP contribution in [0.25, 0.3) is 5.57 Å². The van der Waals surface area contributed by atoms with Crippen LogP contribution >= 0.6 is 0 Å². The number of nitrogens with one attached hydrogen (secondary N) is 1. The Morgan fingerprint density at radius 3 is 2.27 bits per heavy atom. The van der Waals surface area contributed by atoms with Crippen molar-refractivity contribution in [3.8, 4) is 5.75 Å². The van der Waals surface area contributed by atoms with Crippen LogP contribution in [-0.4, -0.2) is 18.9 Å².